The normalized spacial score (nSPS) is 13.7. The van der Waals surface area contributed by atoms with Gasteiger partial charge in [0.15, 0.2) is 11.5 Å². The predicted molar refractivity (Wildman–Crippen MR) is 101 cm³/mol. The van der Waals surface area contributed by atoms with E-state index < -0.39 is 17.8 Å². The number of imide groups is 2. The highest BCUT2D eigenvalue weighted by atomic mass is 79.9. The molecule has 2 N–H and O–H groups in total. The standard InChI is InChI=1S/C19H14BrFN2O5/c1-27-15-8-11(6-13-17(24)22-19(26)23-18(13)25)7-14(20)16(15)28-9-10-2-4-12(21)5-3-10/h2-8H,9H2,1H3,(H2,22,23,24,25,26). The number of rotatable bonds is 5. The third-order valence-electron chi connectivity index (χ3n) is 3.80. The Hall–Kier alpha value is -3.20. The van der Waals surface area contributed by atoms with Crippen LogP contribution in [0.1, 0.15) is 11.1 Å². The monoisotopic (exact) mass is 448 g/mol. The summed E-state index contributed by atoms with van der Waals surface area (Å²) in [4.78, 5) is 34.8. The van der Waals surface area contributed by atoms with Crippen LogP contribution in [-0.4, -0.2) is 25.0 Å². The zero-order valence-corrected chi connectivity index (χ0v) is 16.1. The second kappa shape index (κ2) is 8.22. The Morgan fingerprint density at radius 1 is 1.07 bits per heavy atom. The minimum absolute atomic E-state index is 0.183. The second-order valence-corrected chi connectivity index (χ2v) is 6.60. The molecule has 0 atom stereocenters. The van der Waals surface area contributed by atoms with E-state index in [0.29, 0.717) is 21.5 Å². The summed E-state index contributed by atoms with van der Waals surface area (Å²) in [6.07, 6.45) is 1.33. The summed E-state index contributed by atoms with van der Waals surface area (Å²) in [6, 6.07) is 8.24. The molecule has 1 aliphatic rings. The highest BCUT2D eigenvalue weighted by molar-refractivity contribution is 9.10. The van der Waals surface area contributed by atoms with Gasteiger partial charge in [-0.1, -0.05) is 12.1 Å². The number of amides is 4. The maximum Gasteiger partial charge on any atom is 0.328 e. The first-order chi connectivity index (χ1) is 13.4. The molecule has 2 aromatic carbocycles. The molecule has 0 radical (unpaired) electrons. The van der Waals surface area contributed by atoms with Crippen LogP contribution in [0.15, 0.2) is 46.4 Å². The molecule has 7 nitrogen and oxygen atoms in total. The van der Waals surface area contributed by atoms with E-state index in [-0.39, 0.29) is 18.0 Å². The van der Waals surface area contributed by atoms with Crippen LogP contribution in [0.2, 0.25) is 0 Å². The maximum absolute atomic E-state index is 13.0. The van der Waals surface area contributed by atoms with Crippen molar-refractivity contribution in [1.82, 2.24) is 10.6 Å². The van der Waals surface area contributed by atoms with Crippen LogP contribution in [-0.2, 0) is 16.2 Å². The average Bonchev–Trinajstić information content (AvgIpc) is 2.64. The number of methoxy groups -OCH3 is 1. The summed E-state index contributed by atoms with van der Waals surface area (Å²) in [5, 5.41) is 4.01. The van der Waals surface area contributed by atoms with E-state index in [0.717, 1.165) is 5.56 Å². The number of urea groups is 1. The fourth-order valence-corrected chi connectivity index (χ4v) is 3.05. The summed E-state index contributed by atoms with van der Waals surface area (Å²) in [7, 11) is 1.45. The molecule has 28 heavy (non-hydrogen) atoms. The third kappa shape index (κ3) is 4.37. The fraction of sp³-hybridized carbons (Fsp3) is 0.105. The van der Waals surface area contributed by atoms with Crippen LogP contribution in [0.25, 0.3) is 6.08 Å². The summed E-state index contributed by atoms with van der Waals surface area (Å²) < 4.78 is 24.6. The molecular formula is C19H14BrFN2O5. The van der Waals surface area contributed by atoms with E-state index in [4.69, 9.17) is 9.47 Å². The quantitative estimate of drug-likeness (QED) is 0.541. The molecule has 4 amide bonds. The van der Waals surface area contributed by atoms with Crippen molar-refractivity contribution >= 4 is 39.9 Å². The molecule has 1 saturated heterocycles. The van der Waals surface area contributed by atoms with E-state index in [1.807, 2.05) is 10.6 Å². The van der Waals surface area contributed by atoms with Gasteiger partial charge in [-0.25, -0.2) is 9.18 Å². The molecule has 1 heterocycles. The molecule has 0 aliphatic carbocycles. The van der Waals surface area contributed by atoms with Gasteiger partial charge in [-0.05, 0) is 57.4 Å². The Morgan fingerprint density at radius 3 is 2.32 bits per heavy atom. The number of nitrogens with one attached hydrogen (secondary N) is 2. The average molecular weight is 449 g/mol. The minimum atomic E-state index is -0.865. The minimum Gasteiger partial charge on any atom is -0.493 e. The van der Waals surface area contributed by atoms with E-state index in [9.17, 15) is 18.8 Å². The van der Waals surface area contributed by atoms with Gasteiger partial charge >= 0.3 is 6.03 Å². The molecule has 0 spiro atoms. The van der Waals surface area contributed by atoms with Gasteiger partial charge in [0.2, 0.25) is 0 Å². The van der Waals surface area contributed by atoms with Crippen LogP contribution >= 0.6 is 15.9 Å². The first-order valence-electron chi connectivity index (χ1n) is 8.00. The topological polar surface area (TPSA) is 93.7 Å². The van der Waals surface area contributed by atoms with E-state index in [2.05, 4.69) is 15.9 Å². The molecule has 0 aromatic heterocycles. The van der Waals surface area contributed by atoms with Crippen LogP contribution in [0.4, 0.5) is 9.18 Å². The molecular weight excluding hydrogens is 435 g/mol. The number of hydrogen-bond acceptors (Lipinski definition) is 5. The Balaban J connectivity index is 1.86. The van der Waals surface area contributed by atoms with E-state index in [1.54, 1.807) is 24.3 Å². The van der Waals surface area contributed by atoms with Crippen molar-refractivity contribution in [2.45, 2.75) is 6.61 Å². The number of halogens is 2. The number of carbonyl (C=O) groups excluding carboxylic acids is 3. The fourth-order valence-electron chi connectivity index (χ4n) is 2.47. The van der Waals surface area contributed by atoms with Gasteiger partial charge < -0.3 is 9.47 Å². The number of ether oxygens (including phenoxy) is 2. The lowest BCUT2D eigenvalue weighted by Crippen LogP contribution is -2.51. The van der Waals surface area contributed by atoms with E-state index in [1.165, 1.54) is 25.3 Å². The summed E-state index contributed by atoms with van der Waals surface area (Å²) >= 11 is 3.38. The van der Waals surface area contributed by atoms with Crippen LogP contribution in [0, 0.1) is 5.82 Å². The highest BCUT2D eigenvalue weighted by Crippen LogP contribution is 2.37. The zero-order valence-electron chi connectivity index (χ0n) is 14.5. The number of carbonyl (C=O) groups is 3. The second-order valence-electron chi connectivity index (χ2n) is 5.74. The summed E-state index contributed by atoms with van der Waals surface area (Å²) in [6.45, 7) is 0.183. The van der Waals surface area contributed by atoms with E-state index >= 15 is 0 Å². The lowest BCUT2D eigenvalue weighted by Gasteiger charge is -2.16. The lowest BCUT2D eigenvalue weighted by molar-refractivity contribution is -0.123. The van der Waals surface area contributed by atoms with Gasteiger partial charge in [0, 0.05) is 0 Å². The molecule has 9 heteroatoms. The van der Waals surface area contributed by atoms with Gasteiger partial charge in [0.05, 0.1) is 11.6 Å². The smallest absolute Gasteiger partial charge is 0.328 e. The molecule has 1 aliphatic heterocycles. The Bertz CT molecular complexity index is 967. The van der Waals surface area contributed by atoms with Crippen molar-refractivity contribution in [3.63, 3.8) is 0 Å². The highest BCUT2D eigenvalue weighted by Gasteiger charge is 2.27. The first-order valence-corrected chi connectivity index (χ1v) is 8.80. The van der Waals surface area contributed by atoms with Gasteiger partial charge in [-0.3, -0.25) is 20.2 Å². The van der Waals surface area contributed by atoms with Crippen LogP contribution in [0.3, 0.4) is 0 Å². The molecule has 1 fully saturated rings. The van der Waals surface area contributed by atoms with Crippen molar-refractivity contribution in [3.8, 4) is 11.5 Å². The van der Waals surface area contributed by atoms with Crippen molar-refractivity contribution in [2.24, 2.45) is 0 Å². The van der Waals surface area contributed by atoms with Gasteiger partial charge in [0.25, 0.3) is 11.8 Å². The molecule has 0 unspecified atom stereocenters. The maximum atomic E-state index is 13.0. The zero-order chi connectivity index (χ0) is 20.3. The molecule has 144 valence electrons. The van der Waals surface area contributed by atoms with Crippen molar-refractivity contribution in [1.29, 1.82) is 0 Å². The van der Waals surface area contributed by atoms with Crippen molar-refractivity contribution in [3.05, 3.63) is 63.4 Å². The molecule has 3 rings (SSSR count). The first kappa shape index (κ1) is 19.6. The Labute approximate surface area is 167 Å². The third-order valence-corrected chi connectivity index (χ3v) is 4.39. The predicted octanol–water partition coefficient (Wildman–Crippen LogP) is 2.93. The van der Waals surface area contributed by atoms with Gasteiger partial charge in [-0.2, -0.15) is 0 Å². The van der Waals surface area contributed by atoms with Crippen molar-refractivity contribution in [2.75, 3.05) is 7.11 Å². The van der Waals surface area contributed by atoms with Gasteiger partial charge in [-0.15, -0.1) is 0 Å². The van der Waals surface area contributed by atoms with Crippen LogP contribution < -0.4 is 20.1 Å². The van der Waals surface area contributed by atoms with Gasteiger partial charge in [0.1, 0.15) is 18.0 Å². The largest absolute Gasteiger partial charge is 0.493 e. The Kier molecular flexibility index (Phi) is 5.74. The molecule has 0 saturated carbocycles. The Morgan fingerprint density at radius 2 is 1.71 bits per heavy atom. The summed E-state index contributed by atoms with van der Waals surface area (Å²) in [5.74, 6) is -1.16. The SMILES string of the molecule is COc1cc(C=C2C(=O)NC(=O)NC2=O)cc(Br)c1OCc1ccc(F)cc1. The summed E-state index contributed by atoms with van der Waals surface area (Å²) in [5.41, 5.74) is 1.03. The molecule has 0 bridgehead atoms. The number of hydrogen-bond donors (Lipinski definition) is 2. The number of barbiturate groups is 1. The molecule has 2 aromatic rings. The lowest BCUT2D eigenvalue weighted by atomic mass is 10.1. The van der Waals surface area contributed by atoms with Crippen molar-refractivity contribution < 1.29 is 28.2 Å². The van der Waals surface area contributed by atoms with Crippen LogP contribution in [0.5, 0.6) is 11.5 Å². The number of benzene rings is 2.